The third kappa shape index (κ3) is 2.83. The Morgan fingerprint density at radius 1 is 1.31 bits per heavy atom. The molecule has 3 aromatic rings. The molecule has 1 aliphatic rings. The van der Waals surface area contributed by atoms with Crippen LogP contribution in [-0.4, -0.2) is 24.2 Å². The van der Waals surface area contributed by atoms with Gasteiger partial charge in [0.15, 0.2) is 16.5 Å². The minimum atomic E-state index is -0.415. The molecule has 1 saturated heterocycles. The zero-order valence-corrected chi connectivity index (χ0v) is 17.2. The molecule has 1 aromatic carbocycles. The highest BCUT2D eigenvalue weighted by atomic mass is 79.9. The number of aromatic nitrogens is 1. The number of hydrogen-bond donors (Lipinski definition) is 0. The SMILES string of the molecule is COc1cccc2cc(-c3nc(N4C(C)CCC4C)sc3Br)c(=O)oc12. The van der Waals surface area contributed by atoms with Crippen LogP contribution in [0.25, 0.3) is 22.2 Å². The van der Waals surface area contributed by atoms with Crippen LogP contribution < -0.4 is 15.3 Å². The van der Waals surface area contributed by atoms with Crippen LogP contribution in [0.3, 0.4) is 0 Å². The Morgan fingerprint density at radius 3 is 2.73 bits per heavy atom. The fraction of sp³-hybridized carbons (Fsp3) is 0.368. The number of para-hydroxylation sites is 1. The molecule has 2 aromatic heterocycles. The zero-order valence-electron chi connectivity index (χ0n) is 14.8. The van der Waals surface area contributed by atoms with Gasteiger partial charge in [0.25, 0.3) is 0 Å². The number of nitrogens with zero attached hydrogens (tertiary/aromatic N) is 2. The third-order valence-corrected chi connectivity index (χ3v) is 6.66. The Kier molecular flexibility index (Phi) is 4.52. The van der Waals surface area contributed by atoms with E-state index in [0.717, 1.165) is 27.1 Å². The molecule has 136 valence electrons. The summed E-state index contributed by atoms with van der Waals surface area (Å²) in [6, 6.07) is 8.28. The van der Waals surface area contributed by atoms with Crippen LogP contribution in [-0.2, 0) is 0 Å². The molecule has 7 heteroatoms. The van der Waals surface area contributed by atoms with E-state index in [1.807, 2.05) is 18.2 Å². The van der Waals surface area contributed by atoms with Gasteiger partial charge in [0.1, 0.15) is 9.48 Å². The van der Waals surface area contributed by atoms with Gasteiger partial charge in [0, 0.05) is 17.5 Å². The second kappa shape index (κ2) is 6.70. The summed E-state index contributed by atoms with van der Waals surface area (Å²) >= 11 is 5.15. The van der Waals surface area contributed by atoms with Crippen molar-refractivity contribution in [2.45, 2.75) is 38.8 Å². The van der Waals surface area contributed by atoms with E-state index >= 15 is 0 Å². The molecule has 0 amide bonds. The molecule has 4 rings (SSSR count). The van der Waals surface area contributed by atoms with Crippen molar-refractivity contribution in [2.24, 2.45) is 0 Å². The molecule has 26 heavy (non-hydrogen) atoms. The Labute approximate surface area is 163 Å². The fourth-order valence-corrected chi connectivity index (χ4v) is 5.33. The number of benzene rings is 1. The number of thiazole rings is 1. The van der Waals surface area contributed by atoms with Gasteiger partial charge in [-0.15, -0.1) is 0 Å². The largest absolute Gasteiger partial charge is 0.493 e. The molecule has 0 spiro atoms. The van der Waals surface area contributed by atoms with Crippen molar-refractivity contribution in [1.29, 1.82) is 0 Å². The van der Waals surface area contributed by atoms with Gasteiger partial charge in [-0.3, -0.25) is 0 Å². The molecule has 2 atom stereocenters. The molecule has 1 aliphatic heterocycles. The van der Waals surface area contributed by atoms with Crippen LogP contribution in [0.15, 0.2) is 37.3 Å². The van der Waals surface area contributed by atoms with Crippen LogP contribution in [0.2, 0.25) is 0 Å². The Hall–Kier alpha value is -1.86. The summed E-state index contributed by atoms with van der Waals surface area (Å²) in [7, 11) is 1.56. The van der Waals surface area contributed by atoms with Crippen LogP contribution in [0.4, 0.5) is 5.13 Å². The summed E-state index contributed by atoms with van der Waals surface area (Å²) in [6.07, 6.45) is 2.32. The standard InChI is InChI=1S/C19H19BrN2O3S/c1-10-7-8-11(2)22(10)19-21-15(17(20)26-19)13-9-12-5-4-6-14(24-3)16(12)25-18(13)23/h4-6,9-11H,7-8H2,1-3H3. The lowest BCUT2D eigenvalue weighted by molar-refractivity contribution is 0.407. The number of fused-ring (bicyclic) bond motifs is 1. The average molecular weight is 435 g/mol. The second-order valence-electron chi connectivity index (χ2n) is 6.63. The summed E-state index contributed by atoms with van der Waals surface area (Å²) in [5.41, 5.74) is 1.13. The molecular formula is C19H19BrN2O3S. The number of anilines is 1. The third-order valence-electron chi connectivity index (χ3n) is 4.95. The normalized spacial score (nSPS) is 20.1. The number of hydrogen-bond acceptors (Lipinski definition) is 6. The zero-order chi connectivity index (χ0) is 18.4. The van der Waals surface area contributed by atoms with E-state index in [0.29, 0.717) is 34.7 Å². The number of ether oxygens (including phenoxy) is 1. The van der Waals surface area contributed by atoms with Crippen molar-refractivity contribution in [2.75, 3.05) is 12.0 Å². The molecule has 3 heterocycles. The van der Waals surface area contributed by atoms with Crippen LogP contribution in [0.5, 0.6) is 5.75 Å². The minimum absolute atomic E-state index is 0.415. The summed E-state index contributed by atoms with van der Waals surface area (Å²) in [4.78, 5) is 19.7. The van der Waals surface area contributed by atoms with Gasteiger partial charge in [-0.25, -0.2) is 9.78 Å². The highest BCUT2D eigenvalue weighted by molar-refractivity contribution is 9.11. The van der Waals surface area contributed by atoms with E-state index in [2.05, 4.69) is 34.7 Å². The molecule has 2 unspecified atom stereocenters. The molecule has 1 fully saturated rings. The van der Waals surface area contributed by atoms with Gasteiger partial charge in [-0.2, -0.15) is 0 Å². The van der Waals surface area contributed by atoms with E-state index in [4.69, 9.17) is 14.1 Å². The van der Waals surface area contributed by atoms with Gasteiger partial charge in [0.05, 0.1) is 12.7 Å². The highest BCUT2D eigenvalue weighted by Gasteiger charge is 2.31. The first-order chi connectivity index (χ1) is 12.5. The number of halogens is 1. The Balaban J connectivity index is 1.83. The smallest absolute Gasteiger partial charge is 0.345 e. The maximum absolute atomic E-state index is 12.6. The van der Waals surface area contributed by atoms with E-state index < -0.39 is 5.63 Å². The van der Waals surface area contributed by atoms with Gasteiger partial charge >= 0.3 is 5.63 Å². The number of methoxy groups -OCH3 is 1. The fourth-order valence-electron chi connectivity index (χ4n) is 3.58. The first kappa shape index (κ1) is 17.5. The molecular weight excluding hydrogens is 416 g/mol. The lowest BCUT2D eigenvalue weighted by atomic mass is 10.1. The lowest BCUT2D eigenvalue weighted by Crippen LogP contribution is -2.32. The maximum Gasteiger partial charge on any atom is 0.345 e. The van der Waals surface area contributed by atoms with E-state index in [-0.39, 0.29) is 0 Å². The van der Waals surface area contributed by atoms with Crippen molar-refractivity contribution in [1.82, 2.24) is 4.98 Å². The van der Waals surface area contributed by atoms with Crippen molar-refractivity contribution in [3.05, 3.63) is 38.5 Å². The lowest BCUT2D eigenvalue weighted by Gasteiger charge is -2.25. The first-order valence-electron chi connectivity index (χ1n) is 8.55. The van der Waals surface area contributed by atoms with Crippen LogP contribution in [0.1, 0.15) is 26.7 Å². The summed E-state index contributed by atoms with van der Waals surface area (Å²) < 4.78 is 11.7. The summed E-state index contributed by atoms with van der Waals surface area (Å²) in [6.45, 7) is 4.43. The minimum Gasteiger partial charge on any atom is -0.493 e. The summed E-state index contributed by atoms with van der Waals surface area (Å²) in [5, 5.41) is 1.75. The number of rotatable bonds is 3. The predicted octanol–water partition coefficient (Wildman–Crippen LogP) is 5.06. The summed E-state index contributed by atoms with van der Waals surface area (Å²) in [5.74, 6) is 0.545. The molecule has 0 N–H and O–H groups in total. The van der Waals surface area contributed by atoms with Crippen LogP contribution >= 0.6 is 27.3 Å². The van der Waals surface area contributed by atoms with Gasteiger partial charge < -0.3 is 14.1 Å². The van der Waals surface area contributed by atoms with Gasteiger partial charge in [0.2, 0.25) is 0 Å². The topological polar surface area (TPSA) is 55.6 Å². The van der Waals surface area contributed by atoms with E-state index in [1.165, 1.54) is 0 Å². The Bertz CT molecular complexity index is 1020. The van der Waals surface area contributed by atoms with Crippen molar-refractivity contribution in [3.63, 3.8) is 0 Å². The van der Waals surface area contributed by atoms with E-state index in [1.54, 1.807) is 24.5 Å². The van der Waals surface area contributed by atoms with Crippen molar-refractivity contribution in [3.8, 4) is 17.0 Å². The molecule has 0 saturated carbocycles. The molecule has 0 aliphatic carbocycles. The average Bonchev–Trinajstić information content (AvgIpc) is 3.15. The first-order valence-corrected chi connectivity index (χ1v) is 10.2. The molecule has 0 bridgehead atoms. The van der Waals surface area contributed by atoms with Gasteiger partial charge in [-0.1, -0.05) is 23.5 Å². The molecule has 0 radical (unpaired) electrons. The predicted molar refractivity (Wildman–Crippen MR) is 108 cm³/mol. The monoisotopic (exact) mass is 434 g/mol. The second-order valence-corrected chi connectivity index (χ2v) is 8.92. The van der Waals surface area contributed by atoms with E-state index in [9.17, 15) is 4.79 Å². The quantitative estimate of drug-likeness (QED) is 0.538. The highest BCUT2D eigenvalue weighted by Crippen LogP contribution is 2.40. The van der Waals surface area contributed by atoms with Crippen LogP contribution in [0, 0.1) is 0 Å². The maximum atomic E-state index is 12.6. The van der Waals surface area contributed by atoms with Crippen molar-refractivity contribution >= 4 is 43.4 Å². The van der Waals surface area contributed by atoms with Crippen molar-refractivity contribution < 1.29 is 9.15 Å². The Morgan fingerprint density at radius 2 is 2.04 bits per heavy atom. The molecule has 5 nitrogen and oxygen atoms in total. The van der Waals surface area contributed by atoms with Gasteiger partial charge in [-0.05, 0) is 54.8 Å².